The average Bonchev–Trinajstić information content (AvgIpc) is 1.65. The SMILES string of the molecule is Cc1cc[n+](C)c(-c2c(C)ccc3c2oc2nc(C)ccc23)c1.Cc1cc[n+](C)c(-c2c(C)ccc3c2oc2nc(C)ccc23)c1.Cc1ccc2c(n1)oc1c(-c3cccc[n+]3C)c(C)ccc12.Cc1ccc2c(n1)oc1c(-c3cccc[n+]3C)c(C)ccc12.[2H]C(C)(C)c1cc[n+](C)c(-c2c(C)ccc3c2oc2ccccc23)c1. The van der Waals surface area contributed by atoms with Gasteiger partial charge in [-0.05, 0) is 193 Å². The number of furan rings is 5. The van der Waals surface area contributed by atoms with Crippen molar-refractivity contribution < 1.29 is 46.3 Å². The van der Waals surface area contributed by atoms with Gasteiger partial charge in [0.15, 0.2) is 53.3 Å². The van der Waals surface area contributed by atoms with E-state index in [-0.39, 0.29) is 0 Å². The molecule has 0 N–H and O–H groups in total. The van der Waals surface area contributed by atoms with Crippen molar-refractivity contribution >= 4 is 110 Å². The molecule has 20 rings (SSSR count). The topological polar surface area (TPSA) is 137 Å². The second-order valence-corrected chi connectivity index (χ2v) is 30.6. The maximum atomic E-state index is 8.37. The van der Waals surface area contributed by atoms with E-state index in [0.29, 0.717) is 22.9 Å². The van der Waals surface area contributed by atoms with Crippen molar-refractivity contribution in [3.8, 4) is 56.3 Å². The number of rotatable bonds is 6. The molecule has 0 atom stereocenters. The molecular formula is C100H94N9O5+5. The summed E-state index contributed by atoms with van der Waals surface area (Å²) in [4.78, 5) is 18.1. The predicted octanol–water partition coefficient (Wildman–Crippen LogP) is 22.5. The zero-order valence-electron chi connectivity index (χ0n) is 69.1. The van der Waals surface area contributed by atoms with Crippen LogP contribution in [0, 0.1) is 76.2 Å². The molecule has 0 radical (unpaired) electrons. The first-order valence-electron chi connectivity index (χ1n) is 39.2. The minimum absolute atomic E-state index is 0.640. The predicted molar refractivity (Wildman–Crippen MR) is 459 cm³/mol. The molecule has 0 bridgehead atoms. The van der Waals surface area contributed by atoms with Crippen LogP contribution >= 0.6 is 0 Å². The van der Waals surface area contributed by atoms with E-state index in [9.17, 15) is 0 Å². The Bertz CT molecular complexity index is 6910. The van der Waals surface area contributed by atoms with Gasteiger partial charge >= 0.3 is 0 Å². The molecular weight excluding hydrogens is 1410 g/mol. The van der Waals surface area contributed by atoms with E-state index in [1.807, 2.05) is 115 Å². The third kappa shape index (κ3) is 14.0. The molecule has 0 aliphatic carbocycles. The first-order chi connectivity index (χ1) is 55.2. The van der Waals surface area contributed by atoms with E-state index in [1.54, 1.807) is 0 Å². The van der Waals surface area contributed by atoms with Gasteiger partial charge in [0.1, 0.15) is 46.4 Å². The number of fused-ring (bicyclic) bond motifs is 15. The van der Waals surface area contributed by atoms with E-state index in [1.165, 1.54) is 38.9 Å². The lowest BCUT2D eigenvalue weighted by Gasteiger charge is -2.09. The van der Waals surface area contributed by atoms with Crippen LogP contribution in [0.25, 0.3) is 167 Å². The summed E-state index contributed by atoms with van der Waals surface area (Å²) in [5.74, 6) is -0.640. The summed E-state index contributed by atoms with van der Waals surface area (Å²) in [5, 5.41) is 11.0. The number of hydrogen-bond acceptors (Lipinski definition) is 9. The Morgan fingerprint density at radius 2 is 0.544 bits per heavy atom. The number of aryl methyl sites for hydroxylation is 16. The first kappa shape index (κ1) is 73.5. The molecule has 14 aromatic heterocycles. The smallest absolute Gasteiger partial charge is 0.227 e. The molecule has 0 saturated heterocycles. The first-order valence-corrected chi connectivity index (χ1v) is 38.7. The van der Waals surface area contributed by atoms with Gasteiger partial charge < -0.3 is 22.1 Å². The van der Waals surface area contributed by atoms with E-state index < -0.39 is 5.89 Å². The van der Waals surface area contributed by atoms with Crippen LogP contribution in [0.15, 0.2) is 259 Å². The average molecular weight is 1500 g/mol. The lowest BCUT2D eigenvalue weighted by atomic mass is 9.97. The fourth-order valence-corrected chi connectivity index (χ4v) is 15.7. The Morgan fingerprint density at radius 1 is 0.263 bits per heavy atom. The Morgan fingerprint density at radius 3 is 0.886 bits per heavy atom. The van der Waals surface area contributed by atoms with Gasteiger partial charge in [-0.1, -0.05) is 92.7 Å². The maximum absolute atomic E-state index is 8.37. The molecule has 0 spiro atoms. The number of para-hydroxylation sites is 1. The van der Waals surface area contributed by atoms with Gasteiger partial charge in [0.05, 0.1) is 27.8 Å². The fourth-order valence-electron chi connectivity index (χ4n) is 15.7. The molecule has 0 unspecified atom stereocenters. The summed E-state index contributed by atoms with van der Waals surface area (Å²) < 4.78 is 49.8. The maximum Gasteiger partial charge on any atom is 0.227 e. The van der Waals surface area contributed by atoms with Crippen molar-refractivity contribution in [2.45, 2.75) is 95.9 Å². The third-order valence-corrected chi connectivity index (χ3v) is 21.9. The normalized spacial score (nSPS) is 11.7. The van der Waals surface area contributed by atoms with Gasteiger partial charge in [0, 0.05) is 139 Å². The monoisotopic (exact) mass is 1500 g/mol. The van der Waals surface area contributed by atoms with Crippen molar-refractivity contribution in [1.82, 2.24) is 19.9 Å². The van der Waals surface area contributed by atoms with E-state index in [0.717, 1.165) is 172 Å². The minimum atomic E-state index is -0.640. The molecule has 0 saturated carbocycles. The molecule has 20 aromatic rings. The lowest BCUT2D eigenvalue weighted by molar-refractivity contribution is -0.660. The summed E-state index contributed by atoms with van der Waals surface area (Å²) in [6.07, 6.45) is 10.3. The summed E-state index contributed by atoms with van der Waals surface area (Å²) in [7, 11) is 10.3. The molecule has 114 heavy (non-hydrogen) atoms. The Kier molecular flexibility index (Phi) is 19.6. The molecule has 0 fully saturated rings. The van der Waals surface area contributed by atoms with Crippen LogP contribution < -0.4 is 22.8 Å². The van der Waals surface area contributed by atoms with Crippen LogP contribution in [0.5, 0.6) is 0 Å². The van der Waals surface area contributed by atoms with Gasteiger partial charge in [0.25, 0.3) is 0 Å². The molecule has 14 nitrogen and oxygen atoms in total. The van der Waals surface area contributed by atoms with Gasteiger partial charge in [0.2, 0.25) is 51.3 Å². The standard InChI is InChI=1S/C22H22NO.2C20H19N2O.2C19H17N2O/c1-14(2)16-11-12-23(4)19(13-16)21-15(3)9-10-18-17-7-5-6-8-20(17)24-22(18)21;2*1-12-9-10-22(4)17(11-12)18-13(2)5-7-15-16-8-6-14(3)21-20(16)23-19(15)18;2*1-12-7-9-14-15-10-8-13(2)20-19(15)22-18(14)17(12)16-6-4-5-11-21(16)3/h5-14H,1-4H3;2*5-11H,1-4H3;2*4-11H,1-3H3/q5*+1/i14D;;;;. The van der Waals surface area contributed by atoms with Crippen LogP contribution in [0.3, 0.4) is 0 Å². The van der Waals surface area contributed by atoms with Crippen LogP contribution in [0.1, 0.15) is 88.4 Å². The van der Waals surface area contributed by atoms with Crippen LogP contribution in [-0.2, 0) is 35.2 Å². The number of aromatic nitrogens is 9. The number of pyridine rings is 9. The second kappa shape index (κ2) is 30.4. The van der Waals surface area contributed by atoms with Crippen LogP contribution in [0.2, 0.25) is 0 Å². The molecule has 14 heterocycles. The Labute approximate surface area is 664 Å². The molecule has 6 aromatic carbocycles. The minimum Gasteiger partial charge on any atom is -0.455 e. The van der Waals surface area contributed by atoms with Crippen molar-refractivity contribution in [1.29, 1.82) is 0 Å². The highest BCUT2D eigenvalue weighted by Gasteiger charge is 2.27. The Balaban J connectivity index is 0.000000108. The highest BCUT2D eigenvalue weighted by atomic mass is 16.4. The number of nitrogens with zero attached hydrogens (tertiary/aromatic N) is 9. The number of benzene rings is 6. The highest BCUT2D eigenvalue weighted by molar-refractivity contribution is 6.13. The largest absolute Gasteiger partial charge is 0.455 e. The summed E-state index contributed by atoms with van der Waals surface area (Å²) in [5.41, 5.74) is 32.9. The van der Waals surface area contributed by atoms with Gasteiger partial charge in [-0.15, -0.1) is 0 Å². The van der Waals surface area contributed by atoms with Gasteiger partial charge in [-0.2, -0.15) is 0 Å². The zero-order chi connectivity index (χ0) is 80.6. The summed E-state index contributed by atoms with van der Waals surface area (Å²) in [6.45, 7) is 26.6. The lowest BCUT2D eigenvalue weighted by Crippen LogP contribution is -2.31. The molecule has 0 aliphatic heterocycles. The molecule has 0 aliphatic rings. The van der Waals surface area contributed by atoms with E-state index in [2.05, 4.69) is 290 Å². The summed E-state index contributed by atoms with van der Waals surface area (Å²) in [6, 6.07) is 71.2. The van der Waals surface area contributed by atoms with Gasteiger partial charge in [-0.25, -0.2) is 42.8 Å². The van der Waals surface area contributed by atoms with Crippen LogP contribution in [-0.4, -0.2) is 19.9 Å². The molecule has 0 amide bonds. The fraction of sp³-hybridized carbons (Fsp3) is 0.190. The Hall–Kier alpha value is -13.3. The van der Waals surface area contributed by atoms with Crippen molar-refractivity contribution in [2.24, 2.45) is 35.2 Å². The second-order valence-electron chi connectivity index (χ2n) is 30.6. The van der Waals surface area contributed by atoms with E-state index in [4.69, 9.17) is 23.5 Å². The van der Waals surface area contributed by atoms with Crippen molar-refractivity contribution in [3.63, 3.8) is 0 Å². The van der Waals surface area contributed by atoms with Gasteiger partial charge in [-0.3, -0.25) is 0 Å². The van der Waals surface area contributed by atoms with Crippen LogP contribution in [0.4, 0.5) is 0 Å². The highest BCUT2D eigenvalue weighted by Crippen LogP contribution is 2.43. The zero-order valence-corrected chi connectivity index (χ0v) is 68.1. The summed E-state index contributed by atoms with van der Waals surface area (Å²) >= 11 is 0. The molecule has 14 heteroatoms. The van der Waals surface area contributed by atoms with E-state index >= 15 is 0 Å². The van der Waals surface area contributed by atoms with Crippen molar-refractivity contribution in [3.05, 3.63) is 305 Å². The third-order valence-electron chi connectivity index (χ3n) is 21.9. The quantitative estimate of drug-likeness (QED) is 0.149. The van der Waals surface area contributed by atoms with Crippen molar-refractivity contribution in [2.75, 3.05) is 0 Å². The molecule has 564 valence electrons. The number of hydrogen-bond donors (Lipinski definition) is 0.